The molecule has 2 N–H and O–H groups in total. The molecule has 0 saturated heterocycles. The molecule has 2 unspecified atom stereocenters. The second-order valence-corrected chi connectivity index (χ2v) is 7.20. The van der Waals surface area contributed by atoms with Gasteiger partial charge in [-0.2, -0.15) is 0 Å². The van der Waals surface area contributed by atoms with Gasteiger partial charge in [-0.25, -0.2) is 13.1 Å². The van der Waals surface area contributed by atoms with Crippen LogP contribution in [-0.4, -0.2) is 31.4 Å². The summed E-state index contributed by atoms with van der Waals surface area (Å²) < 4.78 is 26.6. The normalized spacial score (nSPS) is 22.3. The van der Waals surface area contributed by atoms with Crippen molar-refractivity contribution < 1.29 is 13.5 Å². The Morgan fingerprint density at radius 1 is 1.29 bits per heavy atom. The molecule has 1 saturated carbocycles. The summed E-state index contributed by atoms with van der Waals surface area (Å²) in [6.07, 6.45) is 6.74. The summed E-state index contributed by atoms with van der Waals surface area (Å²) in [5, 5.41) is 8.23. The highest BCUT2D eigenvalue weighted by molar-refractivity contribution is 7.90. The topological polar surface area (TPSA) is 66.4 Å². The van der Waals surface area contributed by atoms with Crippen molar-refractivity contribution in [3.8, 4) is 0 Å². The highest BCUT2D eigenvalue weighted by atomic mass is 32.2. The van der Waals surface area contributed by atoms with Crippen molar-refractivity contribution in [1.29, 1.82) is 0 Å². The lowest BCUT2D eigenvalue weighted by molar-refractivity contribution is 0.277. The summed E-state index contributed by atoms with van der Waals surface area (Å²) in [4.78, 5) is 0. The van der Waals surface area contributed by atoms with Gasteiger partial charge in [0.15, 0.2) is 0 Å². The fraction of sp³-hybridized carbons (Fsp3) is 1.00. The predicted molar refractivity (Wildman–Crippen MR) is 69.3 cm³/mol. The first kappa shape index (κ1) is 14.9. The van der Waals surface area contributed by atoms with Crippen LogP contribution in [0.5, 0.6) is 0 Å². The molecule has 0 aliphatic heterocycles. The molecule has 0 aromatic rings. The molecule has 1 aliphatic rings. The standard InChI is InChI=1S/C12H25NO3S/c1-3-12(11-7-5-4-6-8-11)13-17(15,16)10(2)9-14/h10-14H,3-9H2,1-2H3. The molecule has 0 bridgehead atoms. The van der Waals surface area contributed by atoms with Crippen LogP contribution in [0.2, 0.25) is 0 Å². The molecule has 0 aromatic heterocycles. The van der Waals surface area contributed by atoms with E-state index in [2.05, 4.69) is 4.72 Å². The zero-order valence-electron chi connectivity index (χ0n) is 10.9. The zero-order chi connectivity index (χ0) is 12.9. The number of aliphatic hydroxyl groups excluding tert-OH is 1. The Balaban J connectivity index is 2.62. The van der Waals surface area contributed by atoms with Crippen molar-refractivity contribution in [2.45, 2.75) is 63.7 Å². The second kappa shape index (κ2) is 6.71. The maximum Gasteiger partial charge on any atom is 0.216 e. The Hall–Kier alpha value is -0.130. The highest BCUT2D eigenvalue weighted by Gasteiger charge is 2.28. The first-order valence-electron chi connectivity index (χ1n) is 6.63. The molecule has 0 aromatic carbocycles. The molecular weight excluding hydrogens is 238 g/mol. The van der Waals surface area contributed by atoms with Crippen molar-refractivity contribution in [2.24, 2.45) is 5.92 Å². The third kappa shape index (κ3) is 4.23. The van der Waals surface area contributed by atoms with Crippen LogP contribution in [0.4, 0.5) is 0 Å². The summed E-state index contributed by atoms with van der Waals surface area (Å²) in [7, 11) is -3.37. The fourth-order valence-electron chi connectivity index (χ4n) is 2.47. The minimum atomic E-state index is -3.37. The molecule has 1 aliphatic carbocycles. The first-order chi connectivity index (χ1) is 8.01. The lowest BCUT2D eigenvalue weighted by Crippen LogP contribution is -2.45. The quantitative estimate of drug-likeness (QED) is 0.765. The average Bonchev–Trinajstić information content (AvgIpc) is 2.36. The molecule has 5 heteroatoms. The maximum absolute atomic E-state index is 11.9. The Kier molecular flexibility index (Phi) is 5.89. The molecule has 1 fully saturated rings. The van der Waals surface area contributed by atoms with Crippen LogP contribution >= 0.6 is 0 Å². The zero-order valence-corrected chi connectivity index (χ0v) is 11.7. The van der Waals surface area contributed by atoms with Crippen molar-refractivity contribution in [3.63, 3.8) is 0 Å². The predicted octanol–water partition coefficient (Wildman–Crippen LogP) is 1.65. The summed E-state index contributed by atoms with van der Waals surface area (Å²) in [5.74, 6) is 0.467. The molecule has 0 spiro atoms. The molecular formula is C12H25NO3S. The van der Waals surface area contributed by atoms with E-state index < -0.39 is 15.3 Å². The third-order valence-electron chi connectivity index (χ3n) is 3.76. The average molecular weight is 263 g/mol. The van der Waals surface area contributed by atoms with Crippen LogP contribution in [-0.2, 0) is 10.0 Å². The second-order valence-electron chi connectivity index (χ2n) is 5.07. The largest absolute Gasteiger partial charge is 0.395 e. The Morgan fingerprint density at radius 3 is 2.35 bits per heavy atom. The lowest BCUT2D eigenvalue weighted by Gasteiger charge is -2.30. The SMILES string of the molecule is CCC(NS(=O)(=O)C(C)CO)C1CCCCC1. The van der Waals surface area contributed by atoms with Gasteiger partial charge < -0.3 is 5.11 Å². The van der Waals surface area contributed by atoms with E-state index in [4.69, 9.17) is 5.11 Å². The van der Waals surface area contributed by atoms with Crippen LogP contribution in [0.1, 0.15) is 52.4 Å². The van der Waals surface area contributed by atoms with Gasteiger partial charge in [0.25, 0.3) is 0 Å². The smallest absolute Gasteiger partial charge is 0.216 e. The van der Waals surface area contributed by atoms with E-state index in [1.54, 1.807) is 0 Å². The van der Waals surface area contributed by atoms with Crippen molar-refractivity contribution >= 4 is 10.0 Å². The Morgan fingerprint density at radius 2 is 1.88 bits per heavy atom. The van der Waals surface area contributed by atoms with Gasteiger partial charge in [-0.1, -0.05) is 26.2 Å². The van der Waals surface area contributed by atoms with Gasteiger partial charge in [-0.3, -0.25) is 0 Å². The van der Waals surface area contributed by atoms with Gasteiger partial charge in [0.05, 0.1) is 11.9 Å². The molecule has 0 radical (unpaired) electrons. The number of nitrogens with one attached hydrogen (secondary N) is 1. The van der Waals surface area contributed by atoms with E-state index in [0.717, 1.165) is 19.3 Å². The molecule has 2 atom stereocenters. The Bertz CT molecular complexity index is 310. The summed E-state index contributed by atoms with van der Waals surface area (Å²) in [5.41, 5.74) is 0. The summed E-state index contributed by atoms with van der Waals surface area (Å²) in [6, 6.07) is 0.0364. The van der Waals surface area contributed by atoms with Crippen molar-refractivity contribution in [3.05, 3.63) is 0 Å². The van der Waals surface area contributed by atoms with E-state index in [1.807, 2.05) is 6.92 Å². The van der Waals surface area contributed by atoms with Gasteiger partial charge in [-0.05, 0) is 32.1 Å². The lowest BCUT2D eigenvalue weighted by atomic mass is 9.83. The molecule has 17 heavy (non-hydrogen) atoms. The maximum atomic E-state index is 11.9. The van der Waals surface area contributed by atoms with Gasteiger partial charge >= 0.3 is 0 Å². The minimum absolute atomic E-state index is 0.0364. The number of hydrogen-bond donors (Lipinski definition) is 2. The monoisotopic (exact) mass is 263 g/mol. The third-order valence-corrected chi connectivity index (χ3v) is 5.60. The van der Waals surface area contributed by atoms with E-state index >= 15 is 0 Å². The van der Waals surface area contributed by atoms with Gasteiger partial charge in [-0.15, -0.1) is 0 Å². The van der Waals surface area contributed by atoms with Gasteiger partial charge in [0.2, 0.25) is 10.0 Å². The Labute approximate surface area is 105 Å². The highest BCUT2D eigenvalue weighted by Crippen LogP contribution is 2.28. The van der Waals surface area contributed by atoms with Crippen LogP contribution < -0.4 is 4.72 Å². The summed E-state index contributed by atoms with van der Waals surface area (Å²) in [6.45, 7) is 3.23. The van der Waals surface area contributed by atoms with Gasteiger partial charge in [0, 0.05) is 6.04 Å². The summed E-state index contributed by atoms with van der Waals surface area (Å²) >= 11 is 0. The van der Waals surface area contributed by atoms with Crippen LogP contribution in [0.15, 0.2) is 0 Å². The van der Waals surface area contributed by atoms with E-state index in [-0.39, 0.29) is 12.6 Å². The number of aliphatic hydroxyl groups is 1. The molecule has 1 rings (SSSR count). The molecule has 4 nitrogen and oxygen atoms in total. The number of hydrogen-bond acceptors (Lipinski definition) is 3. The number of sulfonamides is 1. The van der Waals surface area contributed by atoms with Crippen molar-refractivity contribution in [1.82, 2.24) is 4.72 Å². The van der Waals surface area contributed by atoms with Crippen LogP contribution in [0.3, 0.4) is 0 Å². The minimum Gasteiger partial charge on any atom is -0.395 e. The van der Waals surface area contributed by atoms with E-state index in [0.29, 0.717) is 5.92 Å². The van der Waals surface area contributed by atoms with Crippen molar-refractivity contribution in [2.75, 3.05) is 6.61 Å². The molecule has 0 heterocycles. The van der Waals surface area contributed by atoms with Crippen LogP contribution in [0.25, 0.3) is 0 Å². The van der Waals surface area contributed by atoms with E-state index in [1.165, 1.54) is 26.2 Å². The van der Waals surface area contributed by atoms with E-state index in [9.17, 15) is 8.42 Å². The fourth-order valence-corrected chi connectivity index (χ4v) is 3.68. The van der Waals surface area contributed by atoms with Crippen LogP contribution in [0, 0.1) is 5.92 Å². The molecule has 102 valence electrons. The first-order valence-corrected chi connectivity index (χ1v) is 8.18. The number of rotatable bonds is 6. The van der Waals surface area contributed by atoms with Gasteiger partial charge in [0.1, 0.15) is 0 Å². The molecule has 0 amide bonds.